The largest absolute Gasteiger partial charge is 0.469 e. The quantitative estimate of drug-likeness (QED) is 0.558. The van der Waals surface area contributed by atoms with Crippen molar-refractivity contribution >= 4 is 17.3 Å². The Morgan fingerprint density at radius 1 is 1.48 bits per heavy atom. The number of thiazole rings is 1. The van der Waals surface area contributed by atoms with Gasteiger partial charge in [0.1, 0.15) is 5.76 Å². The number of hydrogen-bond donors (Lipinski definition) is 2. The second-order valence-electron chi connectivity index (χ2n) is 6.33. The molecule has 0 amide bonds. The van der Waals surface area contributed by atoms with Gasteiger partial charge in [0, 0.05) is 49.5 Å². The Hall–Kier alpha value is -1.86. The molecule has 1 aliphatic rings. The van der Waals surface area contributed by atoms with Crippen molar-refractivity contribution in [3.05, 3.63) is 40.7 Å². The Labute approximate surface area is 152 Å². The van der Waals surface area contributed by atoms with Crippen LogP contribution in [-0.4, -0.2) is 43.8 Å². The molecule has 0 aliphatic carbocycles. The molecule has 6 nitrogen and oxygen atoms in total. The molecule has 2 aromatic rings. The fourth-order valence-corrected chi connectivity index (χ4v) is 3.39. The fraction of sp³-hybridized carbons (Fsp3) is 0.556. The molecule has 0 spiro atoms. The van der Waals surface area contributed by atoms with Gasteiger partial charge in [-0.1, -0.05) is 6.92 Å². The summed E-state index contributed by atoms with van der Waals surface area (Å²) < 4.78 is 10.8. The minimum absolute atomic E-state index is 0.318. The van der Waals surface area contributed by atoms with Crippen LogP contribution in [0.1, 0.15) is 30.0 Å². The molecule has 1 fully saturated rings. The van der Waals surface area contributed by atoms with Gasteiger partial charge in [-0.2, -0.15) is 0 Å². The van der Waals surface area contributed by atoms with E-state index >= 15 is 0 Å². The summed E-state index contributed by atoms with van der Waals surface area (Å²) in [7, 11) is 0. The lowest BCUT2D eigenvalue weighted by Gasteiger charge is -2.15. The van der Waals surface area contributed by atoms with Crippen LogP contribution in [0.5, 0.6) is 0 Å². The molecule has 2 unspecified atom stereocenters. The lowest BCUT2D eigenvalue weighted by atomic mass is 10.1. The van der Waals surface area contributed by atoms with E-state index in [2.05, 4.69) is 22.5 Å². The normalized spacial score (nSPS) is 19.1. The van der Waals surface area contributed by atoms with Crippen LogP contribution < -0.4 is 10.6 Å². The number of hydrogen-bond acceptors (Lipinski definition) is 5. The lowest BCUT2D eigenvalue weighted by Crippen LogP contribution is -2.41. The van der Waals surface area contributed by atoms with E-state index in [1.807, 2.05) is 23.7 Å². The number of aliphatic imine (C=N–C) groups is 1. The molecule has 0 bridgehead atoms. The molecule has 2 atom stereocenters. The van der Waals surface area contributed by atoms with Crippen molar-refractivity contribution in [3.8, 4) is 0 Å². The van der Waals surface area contributed by atoms with E-state index in [0.29, 0.717) is 18.4 Å². The maximum absolute atomic E-state index is 5.45. The zero-order valence-corrected chi connectivity index (χ0v) is 15.4. The molecule has 136 valence electrons. The zero-order valence-electron chi connectivity index (χ0n) is 14.6. The van der Waals surface area contributed by atoms with E-state index in [-0.39, 0.29) is 0 Å². The van der Waals surface area contributed by atoms with Gasteiger partial charge in [-0.05, 0) is 18.6 Å². The van der Waals surface area contributed by atoms with Crippen molar-refractivity contribution in [3.63, 3.8) is 0 Å². The third-order valence-corrected chi connectivity index (χ3v) is 5.23. The molecular formula is C18H26N4O2S. The monoisotopic (exact) mass is 362 g/mol. The van der Waals surface area contributed by atoms with Crippen LogP contribution in [0, 0.1) is 5.92 Å². The van der Waals surface area contributed by atoms with Gasteiger partial charge >= 0.3 is 0 Å². The number of aromatic nitrogens is 1. The van der Waals surface area contributed by atoms with E-state index in [0.717, 1.165) is 55.9 Å². The van der Waals surface area contributed by atoms with Crippen molar-refractivity contribution in [2.45, 2.75) is 25.7 Å². The molecule has 0 saturated carbocycles. The van der Waals surface area contributed by atoms with E-state index in [4.69, 9.17) is 14.1 Å². The van der Waals surface area contributed by atoms with Gasteiger partial charge in [0.25, 0.3) is 0 Å². The first-order valence-corrected chi connectivity index (χ1v) is 9.71. The number of furan rings is 1. The van der Waals surface area contributed by atoms with E-state index in [9.17, 15) is 0 Å². The van der Waals surface area contributed by atoms with Gasteiger partial charge in [0.15, 0.2) is 5.96 Å². The maximum Gasteiger partial charge on any atom is 0.191 e. The Morgan fingerprint density at radius 2 is 2.44 bits per heavy atom. The predicted octanol–water partition coefficient (Wildman–Crippen LogP) is 2.65. The van der Waals surface area contributed by atoms with Crippen LogP contribution in [0.4, 0.5) is 0 Å². The highest BCUT2D eigenvalue weighted by atomic mass is 32.1. The highest BCUT2D eigenvalue weighted by molar-refractivity contribution is 7.09. The van der Waals surface area contributed by atoms with Gasteiger partial charge in [-0.25, -0.2) is 4.98 Å². The summed E-state index contributed by atoms with van der Waals surface area (Å²) >= 11 is 1.68. The van der Waals surface area contributed by atoms with Crippen molar-refractivity contribution in [1.29, 1.82) is 0 Å². The second-order valence-corrected chi connectivity index (χ2v) is 7.25. The SMILES string of the molecule is CC(CN=C(NCCc1ccco1)NCC1CCOC1)c1nccs1. The summed E-state index contributed by atoms with van der Waals surface area (Å²) in [5.41, 5.74) is 0. The summed E-state index contributed by atoms with van der Waals surface area (Å²) in [5.74, 6) is 2.71. The summed E-state index contributed by atoms with van der Waals surface area (Å²) in [6, 6.07) is 3.91. The summed E-state index contributed by atoms with van der Waals surface area (Å²) in [6.07, 6.45) is 5.50. The molecule has 7 heteroatoms. The highest BCUT2D eigenvalue weighted by Gasteiger charge is 2.16. The fourth-order valence-electron chi connectivity index (χ4n) is 2.70. The van der Waals surface area contributed by atoms with Crippen LogP contribution >= 0.6 is 11.3 Å². The number of ether oxygens (including phenoxy) is 1. The van der Waals surface area contributed by atoms with Gasteiger partial charge in [-0.15, -0.1) is 11.3 Å². The van der Waals surface area contributed by atoms with E-state index in [1.54, 1.807) is 17.6 Å². The minimum atomic E-state index is 0.318. The Bertz CT molecular complexity index is 622. The first-order chi connectivity index (χ1) is 12.3. The summed E-state index contributed by atoms with van der Waals surface area (Å²) in [6.45, 7) is 6.25. The van der Waals surface area contributed by atoms with E-state index < -0.39 is 0 Å². The minimum Gasteiger partial charge on any atom is -0.469 e. The topological polar surface area (TPSA) is 71.7 Å². The van der Waals surface area contributed by atoms with Crippen molar-refractivity contribution in [2.24, 2.45) is 10.9 Å². The van der Waals surface area contributed by atoms with Crippen LogP contribution in [0.2, 0.25) is 0 Å². The van der Waals surface area contributed by atoms with E-state index in [1.165, 1.54) is 0 Å². The third-order valence-electron chi connectivity index (χ3n) is 4.22. The molecule has 3 heterocycles. The second kappa shape index (κ2) is 9.58. The average Bonchev–Trinajstić information content (AvgIpc) is 3.39. The Morgan fingerprint density at radius 3 is 3.16 bits per heavy atom. The molecule has 0 radical (unpaired) electrons. The molecule has 2 aromatic heterocycles. The predicted molar refractivity (Wildman–Crippen MR) is 100 cm³/mol. The third kappa shape index (κ3) is 5.86. The van der Waals surface area contributed by atoms with Crippen molar-refractivity contribution in [1.82, 2.24) is 15.6 Å². The van der Waals surface area contributed by atoms with Crippen LogP contribution in [0.25, 0.3) is 0 Å². The molecule has 2 N–H and O–H groups in total. The highest BCUT2D eigenvalue weighted by Crippen LogP contribution is 2.17. The van der Waals surface area contributed by atoms with Gasteiger partial charge in [0.2, 0.25) is 0 Å². The van der Waals surface area contributed by atoms with Gasteiger partial charge < -0.3 is 19.8 Å². The Balaban J connectivity index is 1.51. The molecular weight excluding hydrogens is 336 g/mol. The first kappa shape index (κ1) is 17.9. The standard InChI is InChI=1S/C18H26N4O2S/c1-14(17-19-7-10-25-17)11-21-18(22-12-15-5-9-23-13-15)20-6-4-16-3-2-8-24-16/h2-3,7-8,10,14-15H,4-6,9,11-13H2,1H3,(H2,20,21,22). The molecule has 3 rings (SSSR count). The van der Waals surface area contributed by atoms with Gasteiger partial charge in [-0.3, -0.25) is 4.99 Å². The number of nitrogens with one attached hydrogen (secondary N) is 2. The summed E-state index contributed by atoms with van der Waals surface area (Å²) in [4.78, 5) is 9.13. The lowest BCUT2D eigenvalue weighted by molar-refractivity contribution is 0.186. The maximum atomic E-state index is 5.45. The number of guanidine groups is 1. The van der Waals surface area contributed by atoms with Crippen molar-refractivity contribution in [2.75, 3.05) is 32.8 Å². The summed E-state index contributed by atoms with van der Waals surface area (Å²) in [5, 5.41) is 10.00. The van der Waals surface area contributed by atoms with Crippen LogP contribution in [-0.2, 0) is 11.2 Å². The average molecular weight is 362 g/mol. The molecule has 1 aliphatic heterocycles. The first-order valence-electron chi connectivity index (χ1n) is 8.83. The van der Waals surface area contributed by atoms with Gasteiger partial charge in [0.05, 0.1) is 24.4 Å². The molecule has 1 saturated heterocycles. The van der Waals surface area contributed by atoms with Crippen molar-refractivity contribution < 1.29 is 9.15 Å². The zero-order chi connectivity index (χ0) is 17.3. The molecule has 0 aromatic carbocycles. The number of rotatable bonds is 8. The van der Waals surface area contributed by atoms with Crippen LogP contribution in [0.15, 0.2) is 39.4 Å². The molecule has 25 heavy (non-hydrogen) atoms. The Kier molecular flexibility index (Phi) is 6.88. The van der Waals surface area contributed by atoms with Crippen LogP contribution in [0.3, 0.4) is 0 Å². The smallest absolute Gasteiger partial charge is 0.191 e. The number of nitrogens with zero attached hydrogens (tertiary/aromatic N) is 2.